The van der Waals surface area contributed by atoms with Gasteiger partial charge in [-0.2, -0.15) is 0 Å². The summed E-state index contributed by atoms with van der Waals surface area (Å²) in [5.74, 6) is 0. The quantitative estimate of drug-likeness (QED) is 0.586. The zero-order valence-electron chi connectivity index (χ0n) is 8.72. The van der Waals surface area contributed by atoms with Crippen LogP contribution in [0.5, 0.6) is 0 Å². The summed E-state index contributed by atoms with van der Waals surface area (Å²) in [5.41, 5.74) is 13.2. The van der Waals surface area contributed by atoms with E-state index in [9.17, 15) is 0 Å². The van der Waals surface area contributed by atoms with Crippen molar-refractivity contribution in [2.75, 3.05) is 11.5 Å². The van der Waals surface area contributed by atoms with Gasteiger partial charge in [-0.15, -0.1) is 0 Å². The average Bonchev–Trinajstić information content (AvgIpc) is 2.17. The van der Waals surface area contributed by atoms with Crippen LogP contribution in [0.4, 0.5) is 11.4 Å². The number of nitrogen functional groups attached to an aromatic ring is 2. The summed E-state index contributed by atoms with van der Waals surface area (Å²) in [5, 5.41) is 0. The van der Waals surface area contributed by atoms with Gasteiger partial charge in [-0.3, -0.25) is 0 Å². The van der Waals surface area contributed by atoms with E-state index < -0.39 is 21.6 Å². The number of hydrogen-bond donors (Lipinski definition) is 2. The molecule has 0 unspecified atom stereocenters. The Hall–Kier alpha value is -1.18. The summed E-state index contributed by atoms with van der Waals surface area (Å²) in [6.07, 6.45) is 0. The fourth-order valence-corrected chi connectivity index (χ4v) is 4.32. The third-order valence-electron chi connectivity index (χ3n) is 2.00. The van der Waals surface area contributed by atoms with Crippen LogP contribution in [0.1, 0.15) is 0 Å². The van der Waals surface area contributed by atoms with Crippen molar-refractivity contribution in [2.45, 2.75) is 0 Å². The molecule has 1 radical (unpaired) electrons. The molecule has 0 amide bonds. The molecular weight excluding hydrogens is 310 g/mol. The Morgan fingerprint density at radius 3 is 1.56 bits per heavy atom. The molecule has 0 aromatic heterocycles. The molecule has 2 aromatic carbocycles. The van der Waals surface area contributed by atoms with Crippen molar-refractivity contribution in [3.8, 4) is 0 Å². The van der Waals surface area contributed by atoms with Crippen LogP contribution >= 0.6 is 0 Å². The van der Waals surface area contributed by atoms with Crippen LogP contribution in [-0.2, 0) is 0 Å². The molecule has 0 heterocycles. The average molecular weight is 324 g/mol. The van der Waals surface area contributed by atoms with E-state index in [2.05, 4.69) is 24.3 Å². The van der Waals surface area contributed by atoms with Gasteiger partial charge in [0, 0.05) is 0 Å². The largest absolute Gasteiger partial charge is 0.412 e. The summed E-state index contributed by atoms with van der Waals surface area (Å²) >= 11 is -0.542. The Bertz CT molecular complexity index is 431. The van der Waals surface area contributed by atoms with Gasteiger partial charge >= 0.3 is 100 Å². The third kappa shape index (κ3) is 3.44. The second-order valence-electron chi connectivity index (χ2n) is 3.30. The van der Waals surface area contributed by atoms with E-state index in [-0.39, 0.29) is 5.48 Å². The molecule has 0 aliphatic rings. The molecule has 4 heteroatoms. The predicted octanol–water partition coefficient (Wildman–Crippen LogP) is -0.319. The third-order valence-corrected chi connectivity index (χ3v) is 5.06. The molecule has 3 nitrogen and oxygen atoms in total. The van der Waals surface area contributed by atoms with Crippen LogP contribution in [0, 0.1) is 0 Å². The molecule has 0 fully saturated rings. The minimum Gasteiger partial charge on any atom is -0.412 e. The summed E-state index contributed by atoms with van der Waals surface area (Å²) in [6.45, 7) is 0. The standard InChI is InChI=1S/2C6H6N.H2O.Sb/c2*7-6-4-2-1-3-5-6;;/h2*1-2,4-5H,7H2;1H2;. The van der Waals surface area contributed by atoms with Gasteiger partial charge in [-0.05, 0) is 0 Å². The van der Waals surface area contributed by atoms with Crippen molar-refractivity contribution in [3.05, 3.63) is 48.5 Å². The zero-order chi connectivity index (χ0) is 10.7. The maximum absolute atomic E-state index is 5.74. The number of hydrogen-bond acceptors (Lipinski definition) is 2. The fraction of sp³-hybridized carbons (Fsp3) is 0. The zero-order valence-corrected chi connectivity index (χ0v) is 11.3. The first kappa shape index (κ1) is 12.9. The van der Waals surface area contributed by atoms with Gasteiger partial charge in [0.25, 0.3) is 0 Å². The predicted molar refractivity (Wildman–Crippen MR) is 70.3 cm³/mol. The van der Waals surface area contributed by atoms with Crippen molar-refractivity contribution in [3.63, 3.8) is 0 Å². The van der Waals surface area contributed by atoms with E-state index in [0.29, 0.717) is 0 Å². The van der Waals surface area contributed by atoms with E-state index >= 15 is 0 Å². The molecule has 6 N–H and O–H groups in total. The van der Waals surface area contributed by atoms with Crippen LogP contribution in [0.25, 0.3) is 0 Å². The molecule has 2 aromatic rings. The minimum absolute atomic E-state index is 0. The Morgan fingerprint density at radius 2 is 1.19 bits per heavy atom. The van der Waals surface area contributed by atoms with Gasteiger partial charge < -0.3 is 5.48 Å². The monoisotopic (exact) mass is 323 g/mol. The molecule has 0 saturated heterocycles. The molecular formula is C12H14N2OSb. The van der Waals surface area contributed by atoms with Crippen molar-refractivity contribution < 1.29 is 5.48 Å². The Balaban J connectivity index is 0.00000128. The van der Waals surface area contributed by atoms with Crippen molar-refractivity contribution in [1.82, 2.24) is 0 Å². The summed E-state index contributed by atoms with van der Waals surface area (Å²) in [6, 6.07) is 16.2. The molecule has 16 heavy (non-hydrogen) atoms. The van der Waals surface area contributed by atoms with Gasteiger partial charge in [0.05, 0.1) is 0 Å². The Morgan fingerprint density at radius 1 is 0.750 bits per heavy atom. The van der Waals surface area contributed by atoms with E-state index in [4.69, 9.17) is 11.5 Å². The molecule has 0 atom stereocenters. The summed E-state index contributed by atoms with van der Waals surface area (Å²) in [7, 11) is 0. The fourth-order valence-electron chi connectivity index (χ4n) is 1.34. The minimum atomic E-state index is -0.542. The van der Waals surface area contributed by atoms with Crippen LogP contribution in [0.2, 0.25) is 0 Å². The molecule has 83 valence electrons. The molecule has 2 rings (SSSR count). The maximum Gasteiger partial charge on any atom is -0.412 e. The van der Waals surface area contributed by atoms with Gasteiger partial charge in [-0.1, -0.05) is 0 Å². The number of rotatable bonds is 2. The van der Waals surface area contributed by atoms with Gasteiger partial charge in [0.2, 0.25) is 0 Å². The number of anilines is 2. The number of nitrogens with two attached hydrogens (primary N) is 2. The second kappa shape index (κ2) is 5.78. The molecule has 0 bridgehead atoms. The topological polar surface area (TPSA) is 83.5 Å². The van der Waals surface area contributed by atoms with E-state index in [1.807, 2.05) is 24.3 Å². The van der Waals surface area contributed by atoms with Crippen LogP contribution in [-0.4, -0.2) is 27.1 Å². The summed E-state index contributed by atoms with van der Waals surface area (Å²) in [4.78, 5) is 0. The second-order valence-corrected chi connectivity index (χ2v) is 6.89. The van der Waals surface area contributed by atoms with Gasteiger partial charge in [0.15, 0.2) is 0 Å². The first-order valence-corrected chi connectivity index (χ1v) is 7.22. The molecule has 0 saturated carbocycles. The van der Waals surface area contributed by atoms with Crippen LogP contribution in [0.3, 0.4) is 0 Å². The Kier molecular flexibility index (Phi) is 4.66. The maximum atomic E-state index is 5.74. The first-order valence-electron chi connectivity index (χ1n) is 4.67. The van der Waals surface area contributed by atoms with E-state index in [1.54, 1.807) is 0 Å². The molecule has 0 spiro atoms. The van der Waals surface area contributed by atoms with Crippen LogP contribution < -0.4 is 18.5 Å². The normalized spacial score (nSPS) is 9.50. The van der Waals surface area contributed by atoms with Crippen LogP contribution in [0.15, 0.2) is 48.5 Å². The van der Waals surface area contributed by atoms with E-state index in [0.717, 1.165) is 11.4 Å². The summed E-state index contributed by atoms with van der Waals surface area (Å²) < 4.78 is 2.72. The smallest absolute Gasteiger partial charge is 0.412 e. The first-order chi connectivity index (χ1) is 7.24. The number of benzene rings is 2. The Labute approximate surface area is 105 Å². The van der Waals surface area contributed by atoms with Crippen molar-refractivity contribution >= 4 is 40.0 Å². The van der Waals surface area contributed by atoms with Gasteiger partial charge in [-0.25, -0.2) is 0 Å². The van der Waals surface area contributed by atoms with Gasteiger partial charge in [0.1, 0.15) is 0 Å². The van der Waals surface area contributed by atoms with Crippen molar-refractivity contribution in [2.24, 2.45) is 0 Å². The molecule has 0 aliphatic heterocycles. The van der Waals surface area contributed by atoms with E-state index in [1.165, 1.54) is 7.02 Å². The van der Waals surface area contributed by atoms with Crippen molar-refractivity contribution in [1.29, 1.82) is 0 Å². The molecule has 0 aliphatic carbocycles. The SMILES string of the molecule is Nc1ccc[c]([Sb][c]2cccc(N)c2)c1.O.